The summed E-state index contributed by atoms with van der Waals surface area (Å²) in [5, 5.41) is 8.82. The molecule has 0 fully saturated rings. The molecule has 98 valence electrons. The second-order valence-electron chi connectivity index (χ2n) is 4.81. The number of hydrogen-bond acceptors (Lipinski definition) is 2. The molecule has 0 saturated heterocycles. The lowest BCUT2D eigenvalue weighted by Gasteiger charge is -2.08. The van der Waals surface area contributed by atoms with E-state index < -0.39 is 5.97 Å². The van der Waals surface area contributed by atoms with Crippen molar-refractivity contribution in [1.29, 1.82) is 0 Å². The second-order valence-corrected chi connectivity index (χ2v) is 4.81. The van der Waals surface area contributed by atoms with E-state index in [0.29, 0.717) is 0 Å². The first-order chi connectivity index (χ1) is 8.97. The van der Waals surface area contributed by atoms with Gasteiger partial charge in [-0.05, 0) is 49.6 Å². The van der Waals surface area contributed by atoms with Gasteiger partial charge in [-0.25, -0.2) is 0 Å². The highest BCUT2D eigenvalue weighted by Crippen LogP contribution is 2.22. The molecule has 3 nitrogen and oxygen atoms in total. The van der Waals surface area contributed by atoms with Crippen molar-refractivity contribution in [3.8, 4) is 11.3 Å². The molecule has 0 radical (unpaired) electrons. The first-order valence-corrected chi connectivity index (χ1v) is 6.23. The van der Waals surface area contributed by atoms with Crippen LogP contribution in [0.15, 0.2) is 30.3 Å². The van der Waals surface area contributed by atoms with Crippen LogP contribution >= 0.6 is 0 Å². The zero-order valence-corrected chi connectivity index (χ0v) is 11.4. The van der Waals surface area contributed by atoms with E-state index in [0.717, 1.165) is 22.5 Å². The number of carboxylic acid groups (broad SMARTS) is 1. The lowest BCUT2D eigenvalue weighted by molar-refractivity contribution is -0.136. The minimum atomic E-state index is -0.830. The molecule has 0 spiro atoms. The van der Waals surface area contributed by atoms with Gasteiger partial charge in [-0.15, -0.1) is 0 Å². The van der Waals surface area contributed by atoms with Gasteiger partial charge in [-0.2, -0.15) is 0 Å². The topological polar surface area (TPSA) is 50.2 Å². The van der Waals surface area contributed by atoms with Crippen LogP contribution in [0, 0.1) is 20.8 Å². The smallest absolute Gasteiger partial charge is 0.307 e. The maximum atomic E-state index is 10.7. The number of pyridine rings is 1. The molecule has 0 saturated carbocycles. The van der Waals surface area contributed by atoms with E-state index in [1.807, 2.05) is 25.1 Å². The molecule has 1 aromatic carbocycles. The van der Waals surface area contributed by atoms with Gasteiger partial charge in [-0.1, -0.05) is 18.2 Å². The number of aryl methyl sites for hydroxylation is 3. The van der Waals surface area contributed by atoms with Crippen molar-refractivity contribution in [1.82, 2.24) is 4.98 Å². The summed E-state index contributed by atoms with van der Waals surface area (Å²) in [6.07, 6.45) is 0.0199. The average molecular weight is 255 g/mol. The average Bonchev–Trinajstić information content (AvgIpc) is 2.35. The van der Waals surface area contributed by atoms with Crippen molar-refractivity contribution < 1.29 is 9.90 Å². The third-order valence-electron chi connectivity index (χ3n) is 3.34. The van der Waals surface area contributed by atoms with Crippen LogP contribution in [-0.4, -0.2) is 16.1 Å². The maximum Gasteiger partial charge on any atom is 0.307 e. The molecule has 0 amide bonds. The Labute approximate surface area is 112 Å². The highest BCUT2D eigenvalue weighted by molar-refractivity contribution is 5.71. The molecule has 3 heteroatoms. The van der Waals surface area contributed by atoms with E-state index in [2.05, 4.69) is 31.0 Å². The van der Waals surface area contributed by atoms with Gasteiger partial charge in [0.2, 0.25) is 0 Å². The molecule has 1 heterocycles. The molecule has 0 bridgehead atoms. The van der Waals surface area contributed by atoms with Crippen LogP contribution in [-0.2, 0) is 11.2 Å². The molecule has 0 aliphatic carbocycles. The van der Waals surface area contributed by atoms with Gasteiger partial charge >= 0.3 is 5.97 Å². The van der Waals surface area contributed by atoms with Crippen molar-refractivity contribution in [3.63, 3.8) is 0 Å². The first-order valence-electron chi connectivity index (χ1n) is 6.23. The molecule has 1 N–H and O–H groups in total. The van der Waals surface area contributed by atoms with E-state index in [4.69, 9.17) is 5.11 Å². The highest BCUT2D eigenvalue weighted by atomic mass is 16.4. The summed E-state index contributed by atoms with van der Waals surface area (Å²) in [6, 6.07) is 9.96. The zero-order chi connectivity index (χ0) is 14.0. The van der Waals surface area contributed by atoms with Crippen LogP contribution in [0.5, 0.6) is 0 Å². The number of aliphatic carboxylic acids is 1. The van der Waals surface area contributed by atoms with Crippen LogP contribution in [0.3, 0.4) is 0 Å². The van der Waals surface area contributed by atoms with Crippen LogP contribution in [0.25, 0.3) is 11.3 Å². The number of aromatic nitrogens is 1. The predicted molar refractivity (Wildman–Crippen MR) is 75.2 cm³/mol. The Morgan fingerprint density at radius 1 is 1.11 bits per heavy atom. The molecule has 0 atom stereocenters. The third-order valence-corrected chi connectivity index (χ3v) is 3.34. The fourth-order valence-corrected chi connectivity index (χ4v) is 2.00. The monoisotopic (exact) mass is 255 g/mol. The minimum Gasteiger partial charge on any atom is -0.481 e. The lowest BCUT2D eigenvalue weighted by Crippen LogP contribution is -2.03. The number of nitrogens with zero attached hydrogens (tertiary/aromatic N) is 1. The number of hydrogen-bond donors (Lipinski definition) is 1. The quantitative estimate of drug-likeness (QED) is 0.915. The SMILES string of the molecule is Cc1ccc(-c2ccc(CC(=O)O)c(C)n2)cc1C. The van der Waals surface area contributed by atoms with E-state index in [-0.39, 0.29) is 6.42 Å². The van der Waals surface area contributed by atoms with Crippen LogP contribution in [0.4, 0.5) is 0 Å². The van der Waals surface area contributed by atoms with Crippen molar-refractivity contribution in [2.45, 2.75) is 27.2 Å². The van der Waals surface area contributed by atoms with Crippen molar-refractivity contribution in [2.75, 3.05) is 0 Å². The predicted octanol–water partition coefficient (Wildman–Crippen LogP) is 3.30. The molecule has 0 unspecified atom stereocenters. The number of carboxylic acids is 1. The van der Waals surface area contributed by atoms with Crippen LogP contribution in [0.2, 0.25) is 0 Å². The zero-order valence-electron chi connectivity index (χ0n) is 11.4. The summed E-state index contributed by atoms with van der Waals surface area (Å²) in [5.41, 5.74) is 5.97. The van der Waals surface area contributed by atoms with Crippen molar-refractivity contribution in [3.05, 3.63) is 52.7 Å². The van der Waals surface area contributed by atoms with Crippen molar-refractivity contribution >= 4 is 5.97 Å². The third kappa shape index (κ3) is 2.99. The molecular weight excluding hydrogens is 238 g/mol. The normalized spacial score (nSPS) is 10.5. The molecule has 2 aromatic rings. The van der Waals surface area contributed by atoms with E-state index >= 15 is 0 Å². The van der Waals surface area contributed by atoms with Gasteiger partial charge in [0.15, 0.2) is 0 Å². The molecular formula is C16H17NO2. The first kappa shape index (κ1) is 13.3. The maximum absolute atomic E-state index is 10.7. The summed E-state index contributed by atoms with van der Waals surface area (Å²) >= 11 is 0. The second kappa shape index (κ2) is 5.22. The molecule has 0 aliphatic rings. The molecule has 2 rings (SSSR count). The van der Waals surface area contributed by atoms with E-state index in [9.17, 15) is 4.79 Å². The van der Waals surface area contributed by atoms with Gasteiger partial charge in [0.1, 0.15) is 0 Å². The molecule has 0 aliphatic heterocycles. The number of benzene rings is 1. The lowest BCUT2D eigenvalue weighted by atomic mass is 10.0. The summed E-state index contributed by atoms with van der Waals surface area (Å²) < 4.78 is 0. The Balaban J connectivity index is 2.38. The highest BCUT2D eigenvalue weighted by Gasteiger charge is 2.07. The molecule has 1 aromatic heterocycles. The Morgan fingerprint density at radius 3 is 2.42 bits per heavy atom. The summed E-state index contributed by atoms with van der Waals surface area (Å²) in [6.45, 7) is 6.00. The Hall–Kier alpha value is -2.16. The fraction of sp³-hybridized carbons (Fsp3) is 0.250. The standard InChI is InChI=1S/C16H17NO2/c1-10-4-5-14(8-11(10)2)15-7-6-13(9-16(18)19)12(3)17-15/h4-8H,9H2,1-3H3,(H,18,19). The minimum absolute atomic E-state index is 0.0199. The van der Waals surface area contributed by atoms with Crippen LogP contribution in [0.1, 0.15) is 22.4 Å². The number of carbonyl (C=O) groups is 1. The number of rotatable bonds is 3. The van der Waals surface area contributed by atoms with Crippen LogP contribution < -0.4 is 0 Å². The summed E-state index contributed by atoms with van der Waals surface area (Å²) in [5.74, 6) is -0.830. The fourth-order valence-electron chi connectivity index (χ4n) is 2.00. The van der Waals surface area contributed by atoms with Gasteiger partial charge in [-0.3, -0.25) is 9.78 Å². The summed E-state index contributed by atoms with van der Waals surface area (Å²) in [7, 11) is 0. The van der Waals surface area contributed by atoms with Crippen molar-refractivity contribution in [2.24, 2.45) is 0 Å². The van der Waals surface area contributed by atoms with Gasteiger partial charge in [0.25, 0.3) is 0 Å². The Bertz CT molecular complexity index is 633. The Morgan fingerprint density at radius 2 is 1.84 bits per heavy atom. The van der Waals surface area contributed by atoms with Gasteiger partial charge < -0.3 is 5.11 Å². The summed E-state index contributed by atoms with van der Waals surface area (Å²) in [4.78, 5) is 15.2. The molecule has 19 heavy (non-hydrogen) atoms. The largest absolute Gasteiger partial charge is 0.481 e. The van der Waals surface area contributed by atoms with E-state index in [1.165, 1.54) is 11.1 Å². The van der Waals surface area contributed by atoms with E-state index in [1.54, 1.807) is 0 Å². The van der Waals surface area contributed by atoms with Gasteiger partial charge in [0, 0.05) is 11.3 Å². The van der Waals surface area contributed by atoms with Gasteiger partial charge in [0.05, 0.1) is 12.1 Å². The Kier molecular flexibility index (Phi) is 3.65.